The van der Waals surface area contributed by atoms with Gasteiger partial charge < -0.3 is 14.8 Å². The Balaban J connectivity index is 2.11. The van der Waals surface area contributed by atoms with E-state index in [9.17, 15) is 9.59 Å². The van der Waals surface area contributed by atoms with Crippen molar-refractivity contribution in [2.45, 2.75) is 39.7 Å². The van der Waals surface area contributed by atoms with Crippen LogP contribution in [0.4, 0.5) is 10.8 Å². The topological polar surface area (TPSA) is 117 Å². The van der Waals surface area contributed by atoms with E-state index < -0.39 is 17.6 Å². The van der Waals surface area contributed by atoms with Crippen LogP contribution >= 0.6 is 0 Å². The highest BCUT2D eigenvalue weighted by atomic mass is 16.4. The summed E-state index contributed by atoms with van der Waals surface area (Å²) in [6.45, 7) is 5.54. The second kappa shape index (κ2) is 5.10. The molecule has 1 aromatic rings. The Kier molecular flexibility index (Phi) is 3.65. The number of nitrogens with zero attached hydrogens (tertiary/aromatic N) is 2. The van der Waals surface area contributed by atoms with E-state index in [0.717, 1.165) is 12.8 Å². The molecule has 1 atom stereocenters. The summed E-state index contributed by atoms with van der Waals surface area (Å²) in [7, 11) is 0. The molecule has 0 aromatic carbocycles. The van der Waals surface area contributed by atoms with E-state index in [1.165, 1.54) is 0 Å². The molecule has 1 aliphatic rings. The SMILES string of the molecule is CC(C)(C)[C@H](NC(=O)O)c1nnc(NC(=O)C2CC2)o1. The van der Waals surface area contributed by atoms with Gasteiger partial charge in [-0.15, -0.1) is 5.10 Å². The zero-order chi connectivity index (χ0) is 14.9. The van der Waals surface area contributed by atoms with Gasteiger partial charge in [-0.2, -0.15) is 0 Å². The standard InChI is InChI=1S/C12H18N4O4/c1-12(2,3)7(13-11(18)19)9-15-16-10(20-9)14-8(17)6-4-5-6/h6-7,13H,4-5H2,1-3H3,(H,18,19)(H,14,16,17)/t7-/m1/s1. The molecule has 1 heterocycles. The molecule has 0 spiro atoms. The van der Waals surface area contributed by atoms with Crippen molar-refractivity contribution in [2.24, 2.45) is 11.3 Å². The number of carbonyl (C=O) groups excluding carboxylic acids is 1. The van der Waals surface area contributed by atoms with E-state index in [1.54, 1.807) is 0 Å². The third-order valence-corrected chi connectivity index (χ3v) is 3.00. The molecule has 1 fully saturated rings. The maximum Gasteiger partial charge on any atom is 0.405 e. The molecular formula is C12H18N4O4. The smallest absolute Gasteiger partial charge is 0.405 e. The van der Waals surface area contributed by atoms with Gasteiger partial charge in [0.15, 0.2) is 0 Å². The van der Waals surface area contributed by atoms with Crippen LogP contribution in [-0.2, 0) is 4.79 Å². The number of amides is 2. The van der Waals surface area contributed by atoms with E-state index in [2.05, 4.69) is 20.8 Å². The number of aromatic nitrogens is 2. The molecular weight excluding hydrogens is 264 g/mol. The summed E-state index contributed by atoms with van der Waals surface area (Å²) in [5.41, 5.74) is -0.442. The van der Waals surface area contributed by atoms with E-state index >= 15 is 0 Å². The molecule has 8 nitrogen and oxygen atoms in total. The minimum atomic E-state index is -1.17. The van der Waals surface area contributed by atoms with Gasteiger partial charge in [0.25, 0.3) is 0 Å². The van der Waals surface area contributed by atoms with Crippen molar-refractivity contribution in [3.63, 3.8) is 0 Å². The normalized spacial score (nSPS) is 16.6. The maximum atomic E-state index is 11.6. The summed E-state index contributed by atoms with van der Waals surface area (Å²) in [5, 5.41) is 21.3. The molecule has 1 aliphatic carbocycles. The minimum absolute atomic E-state index is 0.00154. The molecule has 0 saturated heterocycles. The van der Waals surface area contributed by atoms with Gasteiger partial charge in [-0.1, -0.05) is 25.9 Å². The number of carboxylic acid groups (broad SMARTS) is 1. The fraction of sp³-hybridized carbons (Fsp3) is 0.667. The number of anilines is 1. The van der Waals surface area contributed by atoms with Gasteiger partial charge in [-0.3, -0.25) is 10.1 Å². The number of hydrogen-bond donors (Lipinski definition) is 3. The monoisotopic (exact) mass is 282 g/mol. The highest BCUT2D eigenvalue weighted by Gasteiger charge is 2.34. The van der Waals surface area contributed by atoms with Crippen LogP contribution in [0.5, 0.6) is 0 Å². The van der Waals surface area contributed by atoms with E-state index in [1.807, 2.05) is 20.8 Å². The summed E-state index contributed by atoms with van der Waals surface area (Å²) < 4.78 is 5.34. The lowest BCUT2D eigenvalue weighted by Gasteiger charge is -2.27. The number of nitrogens with one attached hydrogen (secondary N) is 2. The van der Waals surface area contributed by atoms with E-state index in [4.69, 9.17) is 9.52 Å². The highest BCUT2D eigenvalue weighted by Crippen LogP contribution is 2.33. The van der Waals surface area contributed by atoms with Crippen LogP contribution in [0.15, 0.2) is 4.42 Å². The van der Waals surface area contributed by atoms with Gasteiger partial charge in [-0.05, 0) is 18.3 Å². The van der Waals surface area contributed by atoms with Gasteiger partial charge >= 0.3 is 12.1 Å². The van der Waals surface area contributed by atoms with Crippen LogP contribution in [0.1, 0.15) is 45.5 Å². The molecule has 20 heavy (non-hydrogen) atoms. The minimum Gasteiger partial charge on any atom is -0.465 e. The molecule has 0 bridgehead atoms. The molecule has 0 radical (unpaired) electrons. The molecule has 0 aliphatic heterocycles. The number of carbonyl (C=O) groups is 2. The summed E-state index contributed by atoms with van der Waals surface area (Å²) in [4.78, 5) is 22.4. The summed E-state index contributed by atoms with van der Waals surface area (Å²) >= 11 is 0. The second-order valence-electron chi connectivity index (χ2n) is 5.96. The zero-order valence-corrected chi connectivity index (χ0v) is 11.6. The van der Waals surface area contributed by atoms with Crippen LogP contribution in [0.3, 0.4) is 0 Å². The molecule has 8 heteroatoms. The third-order valence-electron chi connectivity index (χ3n) is 3.00. The zero-order valence-electron chi connectivity index (χ0n) is 11.6. The van der Waals surface area contributed by atoms with Crippen LogP contribution < -0.4 is 10.6 Å². The highest BCUT2D eigenvalue weighted by molar-refractivity contribution is 5.92. The predicted octanol–water partition coefficient (Wildman–Crippen LogP) is 1.77. The average molecular weight is 282 g/mol. The Morgan fingerprint density at radius 1 is 1.35 bits per heavy atom. The molecule has 2 amide bonds. The van der Waals surface area contributed by atoms with Crippen molar-refractivity contribution in [3.8, 4) is 0 Å². The fourth-order valence-electron chi connectivity index (χ4n) is 1.73. The Bertz CT molecular complexity index is 516. The number of hydrogen-bond acceptors (Lipinski definition) is 5. The molecule has 3 N–H and O–H groups in total. The lowest BCUT2D eigenvalue weighted by Crippen LogP contribution is -2.35. The number of rotatable bonds is 4. The van der Waals surface area contributed by atoms with Gasteiger partial charge in [0.05, 0.1) is 0 Å². The second-order valence-corrected chi connectivity index (χ2v) is 5.96. The van der Waals surface area contributed by atoms with Crippen molar-refractivity contribution in [3.05, 3.63) is 5.89 Å². The lowest BCUT2D eigenvalue weighted by atomic mass is 9.87. The van der Waals surface area contributed by atoms with Crippen molar-refractivity contribution < 1.29 is 19.1 Å². The quantitative estimate of drug-likeness (QED) is 0.774. The van der Waals surface area contributed by atoms with Gasteiger partial charge in [-0.25, -0.2) is 4.79 Å². The molecule has 1 saturated carbocycles. The first-order valence-electron chi connectivity index (χ1n) is 6.41. The Morgan fingerprint density at radius 3 is 2.50 bits per heavy atom. The summed E-state index contributed by atoms with van der Waals surface area (Å²) in [5.74, 6) is 0.0191. The van der Waals surface area contributed by atoms with E-state index in [-0.39, 0.29) is 23.7 Å². The Morgan fingerprint density at radius 2 is 2.00 bits per heavy atom. The predicted molar refractivity (Wildman–Crippen MR) is 69.0 cm³/mol. The Labute approximate surface area is 115 Å². The summed E-state index contributed by atoms with van der Waals surface area (Å²) in [6.07, 6.45) is 0.572. The van der Waals surface area contributed by atoms with Gasteiger partial charge in [0.1, 0.15) is 6.04 Å². The van der Waals surface area contributed by atoms with Crippen molar-refractivity contribution in [1.29, 1.82) is 0 Å². The van der Waals surface area contributed by atoms with Crippen LogP contribution in [-0.4, -0.2) is 27.3 Å². The molecule has 2 rings (SSSR count). The van der Waals surface area contributed by atoms with E-state index in [0.29, 0.717) is 0 Å². The van der Waals surface area contributed by atoms with Crippen molar-refractivity contribution in [2.75, 3.05) is 5.32 Å². The third kappa shape index (κ3) is 3.46. The van der Waals surface area contributed by atoms with Crippen molar-refractivity contribution in [1.82, 2.24) is 15.5 Å². The first-order valence-corrected chi connectivity index (χ1v) is 6.41. The summed E-state index contributed by atoms with van der Waals surface area (Å²) in [6, 6.07) is -0.655. The molecule has 0 unspecified atom stereocenters. The fourth-order valence-corrected chi connectivity index (χ4v) is 1.73. The average Bonchev–Trinajstić information content (AvgIpc) is 3.07. The van der Waals surface area contributed by atoms with Gasteiger partial charge in [0, 0.05) is 5.92 Å². The van der Waals surface area contributed by atoms with Gasteiger partial charge in [0.2, 0.25) is 11.8 Å². The maximum absolute atomic E-state index is 11.6. The Hall–Kier alpha value is -2.12. The first kappa shape index (κ1) is 14.3. The van der Waals surface area contributed by atoms with Crippen molar-refractivity contribution >= 4 is 18.0 Å². The van der Waals surface area contributed by atoms with Crippen LogP contribution in [0.2, 0.25) is 0 Å². The van der Waals surface area contributed by atoms with Crippen LogP contribution in [0, 0.1) is 11.3 Å². The first-order chi connectivity index (χ1) is 9.27. The lowest BCUT2D eigenvalue weighted by molar-refractivity contribution is -0.117. The van der Waals surface area contributed by atoms with Crippen LogP contribution in [0.25, 0.3) is 0 Å². The molecule has 110 valence electrons. The molecule has 1 aromatic heterocycles. The largest absolute Gasteiger partial charge is 0.465 e.